The van der Waals surface area contributed by atoms with E-state index in [-0.39, 0.29) is 24.3 Å². The highest BCUT2D eigenvalue weighted by atomic mass is 16.7. The first-order valence-electron chi connectivity index (χ1n) is 10.4. The predicted molar refractivity (Wildman–Crippen MR) is 101 cm³/mol. The summed E-state index contributed by atoms with van der Waals surface area (Å²) in [6.07, 6.45) is 6.89. The maximum atomic E-state index is 11.5. The zero-order valence-corrected chi connectivity index (χ0v) is 17.2. The van der Waals surface area contributed by atoms with E-state index in [1.165, 1.54) is 7.11 Å². The topological polar surface area (TPSA) is 65.0 Å². The van der Waals surface area contributed by atoms with Crippen LogP contribution < -0.4 is 0 Å². The minimum Gasteiger partial charge on any atom is -0.469 e. The van der Waals surface area contributed by atoms with Crippen LogP contribution in [-0.4, -0.2) is 42.3 Å². The molecule has 0 amide bonds. The summed E-state index contributed by atoms with van der Waals surface area (Å²) < 4.78 is 17.9. The number of hydrogen-bond donors (Lipinski definition) is 1. The van der Waals surface area contributed by atoms with E-state index in [1.807, 2.05) is 6.92 Å². The molecule has 7 atom stereocenters. The van der Waals surface area contributed by atoms with Gasteiger partial charge in [-0.3, -0.25) is 4.79 Å². The second kappa shape index (κ2) is 9.52. The number of aliphatic hydroxyl groups excluding tert-OH is 1. The fraction of sp³-hybridized carbons (Fsp3) is 0.952. The molecule has 0 radical (unpaired) electrons. The van der Waals surface area contributed by atoms with Gasteiger partial charge in [-0.05, 0) is 56.8 Å². The third-order valence-corrected chi connectivity index (χ3v) is 6.33. The zero-order valence-electron chi connectivity index (χ0n) is 17.2. The van der Waals surface area contributed by atoms with E-state index < -0.39 is 5.79 Å². The Balaban J connectivity index is 1.99. The summed E-state index contributed by atoms with van der Waals surface area (Å²) in [5.41, 5.74) is 0. The van der Waals surface area contributed by atoms with Gasteiger partial charge in [-0.15, -0.1) is 0 Å². The first kappa shape index (κ1) is 21.6. The molecule has 2 heterocycles. The van der Waals surface area contributed by atoms with E-state index in [0.717, 1.165) is 44.9 Å². The van der Waals surface area contributed by atoms with Crippen LogP contribution in [0.2, 0.25) is 0 Å². The molecule has 0 aromatic carbocycles. The lowest BCUT2D eigenvalue weighted by molar-refractivity contribution is -0.338. The Kier molecular flexibility index (Phi) is 7.92. The molecule has 0 bridgehead atoms. The Labute approximate surface area is 158 Å². The molecule has 1 N–H and O–H groups in total. The SMILES string of the molecule is COC(=O)CC[C@@H](C)[C@@H]1O[C@]2(CC[C@@H](C)[C@H](CC[C@H](C)O)O2)CC[C@@H]1C. The molecule has 0 saturated carbocycles. The Bertz CT molecular complexity index is 448. The van der Waals surface area contributed by atoms with Gasteiger partial charge in [0.05, 0.1) is 25.4 Å². The standard InChI is InChI=1S/C21H38O5/c1-14-10-12-21(25-18(14)8-7-17(4)22)13-11-16(3)20(26-21)15(2)6-9-19(23)24-5/h14-18,20,22H,6-13H2,1-5H3/t14-,15-,16+,17+,18+,20+,21-/m1/s1. The van der Waals surface area contributed by atoms with Crippen LogP contribution in [0.5, 0.6) is 0 Å². The molecule has 2 rings (SSSR count). The Morgan fingerprint density at radius 2 is 1.81 bits per heavy atom. The third kappa shape index (κ3) is 5.67. The molecular weight excluding hydrogens is 332 g/mol. The van der Waals surface area contributed by atoms with E-state index in [4.69, 9.17) is 14.2 Å². The van der Waals surface area contributed by atoms with Gasteiger partial charge in [-0.25, -0.2) is 0 Å². The number of aliphatic hydroxyl groups is 1. The molecule has 0 aromatic heterocycles. The minimum absolute atomic E-state index is 0.110. The maximum Gasteiger partial charge on any atom is 0.305 e. The third-order valence-electron chi connectivity index (χ3n) is 6.33. The van der Waals surface area contributed by atoms with E-state index >= 15 is 0 Å². The minimum atomic E-state index is -0.480. The van der Waals surface area contributed by atoms with E-state index in [0.29, 0.717) is 24.2 Å². The summed E-state index contributed by atoms with van der Waals surface area (Å²) in [5, 5.41) is 9.62. The second-order valence-electron chi connectivity index (χ2n) is 8.70. The van der Waals surface area contributed by atoms with Gasteiger partial charge in [-0.1, -0.05) is 20.8 Å². The largest absolute Gasteiger partial charge is 0.469 e. The van der Waals surface area contributed by atoms with Crippen LogP contribution in [0.25, 0.3) is 0 Å². The van der Waals surface area contributed by atoms with Crippen molar-refractivity contribution < 1.29 is 24.1 Å². The second-order valence-corrected chi connectivity index (χ2v) is 8.70. The van der Waals surface area contributed by atoms with Gasteiger partial charge in [0.25, 0.3) is 0 Å². The Morgan fingerprint density at radius 3 is 2.42 bits per heavy atom. The molecule has 5 nitrogen and oxygen atoms in total. The quantitative estimate of drug-likeness (QED) is 0.685. The van der Waals surface area contributed by atoms with Crippen molar-refractivity contribution >= 4 is 5.97 Å². The fourth-order valence-corrected chi connectivity index (χ4v) is 4.43. The van der Waals surface area contributed by atoms with Crippen molar-refractivity contribution in [3.05, 3.63) is 0 Å². The number of carbonyl (C=O) groups excluding carboxylic acids is 1. The molecule has 2 fully saturated rings. The van der Waals surface area contributed by atoms with Crippen molar-refractivity contribution in [2.75, 3.05) is 7.11 Å². The van der Waals surface area contributed by atoms with Gasteiger partial charge in [0.2, 0.25) is 0 Å². The molecule has 26 heavy (non-hydrogen) atoms. The summed E-state index contributed by atoms with van der Waals surface area (Å²) >= 11 is 0. The molecule has 0 aromatic rings. The number of ether oxygens (including phenoxy) is 3. The average Bonchev–Trinajstić information content (AvgIpc) is 2.62. The Morgan fingerprint density at radius 1 is 1.15 bits per heavy atom. The summed E-state index contributed by atoms with van der Waals surface area (Å²) in [4.78, 5) is 11.5. The normalized spacial score (nSPS) is 37.3. The summed E-state index contributed by atoms with van der Waals surface area (Å²) in [6, 6.07) is 0. The van der Waals surface area contributed by atoms with Crippen LogP contribution in [0.4, 0.5) is 0 Å². The molecule has 0 aliphatic carbocycles. The predicted octanol–water partition coefficient (Wildman–Crippen LogP) is 4.06. The monoisotopic (exact) mass is 370 g/mol. The number of methoxy groups -OCH3 is 1. The molecule has 2 aliphatic heterocycles. The number of rotatable bonds is 7. The number of hydrogen-bond acceptors (Lipinski definition) is 5. The summed E-state index contributed by atoms with van der Waals surface area (Å²) in [7, 11) is 1.44. The molecule has 2 saturated heterocycles. The summed E-state index contributed by atoms with van der Waals surface area (Å²) in [6.45, 7) is 8.48. The van der Waals surface area contributed by atoms with Crippen LogP contribution in [0.1, 0.15) is 79.1 Å². The molecule has 2 aliphatic rings. The van der Waals surface area contributed by atoms with Crippen LogP contribution in [0, 0.1) is 17.8 Å². The zero-order chi connectivity index (χ0) is 19.3. The van der Waals surface area contributed by atoms with Crippen molar-refractivity contribution in [3.8, 4) is 0 Å². The van der Waals surface area contributed by atoms with Gasteiger partial charge in [0, 0.05) is 19.3 Å². The van der Waals surface area contributed by atoms with Gasteiger partial charge < -0.3 is 19.3 Å². The smallest absolute Gasteiger partial charge is 0.305 e. The van der Waals surface area contributed by atoms with E-state index in [9.17, 15) is 9.90 Å². The van der Waals surface area contributed by atoms with Gasteiger partial charge in [0.1, 0.15) is 0 Å². The van der Waals surface area contributed by atoms with Crippen molar-refractivity contribution in [1.82, 2.24) is 0 Å². The first-order valence-corrected chi connectivity index (χ1v) is 10.4. The van der Waals surface area contributed by atoms with E-state index in [1.54, 1.807) is 0 Å². The molecule has 5 heteroatoms. The molecule has 152 valence electrons. The van der Waals surface area contributed by atoms with Crippen LogP contribution in [0.15, 0.2) is 0 Å². The lowest BCUT2D eigenvalue weighted by Crippen LogP contribution is -2.53. The average molecular weight is 371 g/mol. The number of esters is 1. The van der Waals surface area contributed by atoms with Gasteiger partial charge >= 0.3 is 5.97 Å². The lowest BCUT2D eigenvalue weighted by atomic mass is 9.80. The van der Waals surface area contributed by atoms with Crippen LogP contribution >= 0.6 is 0 Å². The van der Waals surface area contributed by atoms with Crippen molar-refractivity contribution in [1.29, 1.82) is 0 Å². The highest BCUT2D eigenvalue weighted by Gasteiger charge is 2.47. The van der Waals surface area contributed by atoms with Crippen molar-refractivity contribution in [3.63, 3.8) is 0 Å². The van der Waals surface area contributed by atoms with Gasteiger partial charge in [-0.2, -0.15) is 0 Å². The van der Waals surface area contributed by atoms with Crippen molar-refractivity contribution in [2.45, 2.75) is 103 Å². The van der Waals surface area contributed by atoms with E-state index in [2.05, 4.69) is 20.8 Å². The highest BCUT2D eigenvalue weighted by molar-refractivity contribution is 5.69. The maximum absolute atomic E-state index is 11.5. The summed E-state index contributed by atoms with van der Waals surface area (Å²) in [5.74, 6) is 0.618. The molecule has 0 unspecified atom stereocenters. The molecular formula is C21H38O5. The van der Waals surface area contributed by atoms with Gasteiger partial charge in [0.15, 0.2) is 5.79 Å². The van der Waals surface area contributed by atoms with Crippen LogP contribution in [-0.2, 0) is 19.0 Å². The fourth-order valence-electron chi connectivity index (χ4n) is 4.43. The lowest BCUT2D eigenvalue weighted by Gasteiger charge is -2.51. The highest BCUT2D eigenvalue weighted by Crippen LogP contribution is 2.45. The first-order chi connectivity index (χ1) is 12.3. The Hall–Kier alpha value is -0.650. The number of carbonyl (C=O) groups is 1. The van der Waals surface area contributed by atoms with Crippen LogP contribution in [0.3, 0.4) is 0 Å². The van der Waals surface area contributed by atoms with Crippen molar-refractivity contribution in [2.24, 2.45) is 17.8 Å². The molecule has 1 spiro atoms.